The molecular formula is C19H28N2O2. The highest BCUT2D eigenvalue weighted by atomic mass is 16.5. The molecule has 1 aliphatic heterocycles. The fourth-order valence-electron chi connectivity index (χ4n) is 3.75. The Bertz CT molecular complexity index is 538. The second-order valence-electron chi connectivity index (χ2n) is 6.95. The first-order chi connectivity index (χ1) is 11.1. The van der Waals surface area contributed by atoms with E-state index >= 15 is 0 Å². The van der Waals surface area contributed by atoms with E-state index in [-0.39, 0.29) is 18.6 Å². The molecule has 2 fully saturated rings. The van der Waals surface area contributed by atoms with Gasteiger partial charge in [0.15, 0.2) is 0 Å². The van der Waals surface area contributed by atoms with Gasteiger partial charge in [0.25, 0.3) is 0 Å². The molecule has 1 atom stereocenters. The third kappa shape index (κ3) is 3.86. The Hall–Kier alpha value is -1.55. The minimum absolute atomic E-state index is 0.148. The number of rotatable bonds is 5. The van der Waals surface area contributed by atoms with E-state index < -0.39 is 0 Å². The Morgan fingerprint density at radius 1 is 1.22 bits per heavy atom. The van der Waals surface area contributed by atoms with Gasteiger partial charge in [-0.1, -0.05) is 25.0 Å². The van der Waals surface area contributed by atoms with Crippen molar-refractivity contribution in [3.63, 3.8) is 0 Å². The maximum Gasteiger partial charge on any atom is 0.249 e. The number of nitrogens with zero attached hydrogens (tertiary/aromatic N) is 2. The Morgan fingerprint density at radius 3 is 2.74 bits per heavy atom. The normalized spacial score (nSPS) is 21.8. The predicted molar refractivity (Wildman–Crippen MR) is 92.7 cm³/mol. The van der Waals surface area contributed by atoms with Crippen LogP contribution in [-0.2, 0) is 9.53 Å². The first-order valence-electron chi connectivity index (χ1n) is 8.83. The Kier molecular flexibility index (Phi) is 5.21. The van der Waals surface area contributed by atoms with E-state index in [1.54, 1.807) is 0 Å². The molecule has 2 aliphatic rings. The number of carbonyl (C=O) groups excluding carboxylic acids is 1. The third-order valence-corrected chi connectivity index (χ3v) is 5.09. The van der Waals surface area contributed by atoms with Crippen molar-refractivity contribution >= 4 is 11.6 Å². The molecule has 1 aromatic rings. The number of ether oxygens (including phenoxy) is 1. The average molecular weight is 316 g/mol. The fraction of sp³-hybridized carbons (Fsp3) is 0.632. The molecule has 0 bridgehead atoms. The van der Waals surface area contributed by atoms with Crippen molar-refractivity contribution < 1.29 is 9.53 Å². The van der Waals surface area contributed by atoms with Gasteiger partial charge < -0.3 is 14.5 Å². The molecule has 4 nitrogen and oxygen atoms in total. The van der Waals surface area contributed by atoms with Crippen LogP contribution in [0.15, 0.2) is 24.3 Å². The Balaban J connectivity index is 1.64. The summed E-state index contributed by atoms with van der Waals surface area (Å²) in [5.74, 6) is 0.148. The highest BCUT2D eigenvalue weighted by molar-refractivity contribution is 5.78. The van der Waals surface area contributed by atoms with Crippen LogP contribution in [0.1, 0.15) is 50.1 Å². The van der Waals surface area contributed by atoms with Crippen molar-refractivity contribution in [1.29, 1.82) is 0 Å². The number of carbonyl (C=O) groups is 1. The number of hydrogen-bond donors (Lipinski definition) is 0. The summed E-state index contributed by atoms with van der Waals surface area (Å²) in [4.78, 5) is 16.7. The van der Waals surface area contributed by atoms with Crippen molar-refractivity contribution in [2.45, 2.75) is 50.7 Å². The Morgan fingerprint density at radius 2 is 2.00 bits per heavy atom. The van der Waals surface area contributed by atoms with Gasteiger partial charge in [-0.15, -0.1) is 0 Å². The smallest absolute Gasteiger partial charge is 0.249 e. The second-order valence-corrected chi connectivity index (χ2v) is 6.95. The van der Waals surface area contributed by atoms with Gasteiger partial charge in [0.05, 0.1) is 12.1 Å². The van der Waals surface area contributed by atoms with Crippen molar-refractivity contribution in [2.75, 3.05) is 32.1 Å². The van der Waals surface area contributed by atoms with E-state index in [4.69, 9.17) is 4.74 Å². The number of hydrogen-bond acceptors (Lipinski definition) is 3. The first kappa shape index (κ1) is 16.3. The van der Waals surface area contributed by atoms with Gasteiger partial charge in [-0.05, 0) is 43.4 Å². The molecule has 0 N–H and O–H groups in total. The summed E-state index contributed by atoms with van der Waals surface area (Å²) in [6.07, 6.45) is 7.13. The summed E-state index contributed by atoms with van der Waals surface area (Å²) in [6, 6.07) is 8.73. The quantitative estimate of drug-likeness (QED) is 0.835. The Labute approximate surface area is 139 Å². The van der Waals surface area contributed by atoms with Gasteiger partial charge in [0, 0.05) is 26.3 Å². The van der Waals surface area contributed by atoms with Crippen LogP contribution in [0.4, 0.5) is 5.69 Å². The van der Waals surface area contributed by atoms with Gasteiger partial charge in [-0.3, -0.25) is 4.79 Å². The molecule has 1 saturated carbocycles. The molecule has 1 unspecified atom stereocenters. The molecule has 126 valence electrons. The average Bonchev–Trinajstić information content (AvgIpc) is 3.24. The van der Waals surface area contributed by atoms with Gasteiger partial charge in [0.1, 0.15) is 6.61 Å². The van der Waals surface area contributed by atoms with Crippen molar-refractivity contribution in [3.8, 4) is 0 Å². The molecule has 0 spiro atoms. The fourth-order valence-corrected chi connectivity index (χ4v) is 3.75. The van der Waals surface area contributed by atoms with Crippen LogP contribution in [-0.4, -0.2) is 44.2 Å². The molecule has 3 rings (SSSR count). The minimum Gasteiger partial charge on any atom is -0.378 e. The zero-order valence-electron chi connectivity index (χ0n) is 14.3. The van der Waals surface area contributed by atoms with Crippen LogP contribution in [0.25, 0.3) is 0 Å². The van der Waals surface area contributed by atoms with Gasteiger partial charge in [0.2, 0.25) is 5.91 Å². The lowest BCUT2D eigenvalue weighted by atomic mass is 10.0. The molecule has 1 heterocycles. The number of amides is 1. The highest BCUT2D eigenvalue weighted by Crippen LogP contribution is 2.33. The summed E-state index contributed by atoms with van der Waals surface area (Å²) in [5, 5.41) is 0. The van der Waals surface area contributed by atoms with E-state index in [1.807, 2.05) is 19.0 Å². The maximum absolute atomic E-state index is 12.6. The maximum atomic E-state index is 12.6. The van der Waals surface area contributed by atoms with E-state index in [9.17, 15) is 4.79 Å². The molecule has 23 heavy (non-hydrogen) atoms. The van der Waals surface area contributed by atoms with Gasteiger partial charge in [-0.25, -0.2) is 0 Å². The standard InChI is InChI=1S/C19H28N2O2/c1-20(2)16-8-5-7-15(13-16)18-11-6-12-21(18)19(22)14-23-17-9-3-4-10-17/h5,7-8,13,17-18H,3-4,6,9-12,14H2,1-2H3. The van der Waals surface area contributed by atoms with Crippen LogP contribution in [0.5, 0.6) is 0 Å². The predicted octanol–water partition coefficient (Wildman–Crippen LogP) is 3.38. The van der Waals surface area contributed by atoms with E-state index in [2.05, 4.69) is 29.2 Å². The molecular weight excluding hydrogens is 288 g/mol. The lowest BCUT2D eigenvalue weighted by molar-refractivity contribution is -0.139. The second kappa shape index (κ2) is 7.35. The summed E-state index contributed by atoms with van der Waals surface area (Å²) < 4.78 is 5.82. The summed E-state index contributed by atoms with van der Waals surface area (Å²) in [7, 11) is 4.10. The molecule has 1 amide bonds. The SMILES string of the molecule is CN(C)c1cccc(C2CCCN2C(=O)COC2CCCC2)c1. The number of benzene rings is 1. The highest BCUT2D eigenvalue weighted by Gasteiger charge is 2.30. The zero-order chi connectivity index (χ0) is 16.2. The van der Waals surface area contributed by atoms with Crippen LogP contribution in [0, 0.1) is 0 Å². The van der Waals surface area contributed by atoms with Crippen LogP contribution >= 0.6 is 0 Å². The molecule has 4 heteroatoms. The summed E-state index contributed by atoms with van der Waals surface area (Å²) >= 11 is 0. The van der Waals surface area contributed by atoms with Gasteiger partial charge >= 0.3 is 0 Å². The summed E-state index contributed by atoms with van der Waals surface area (Å²) in [6.45, 7) is 1.10. The lowest BCUT2D eigenvalue weighted by Crippen LogP contribution is -2.34. The zero-order valence-corrected chi connectivity index (χ0v) is 14.3. The van der Waals surface area contributed by atoms with Crippen LogP contribution in [0.2, 0.25) is 0 Å². The monoisotopic (exact) mass is 316 g/mol. The molecule has 0 radical (unpaired) electrons. The molecule has 1 aromatic carbocycles. The van der Waals surface area contributed by atoms with E-state index in [0.29, 0.717) is 6.10 Å². The lowest BCUT2D eigenvalue weighted by Gasteiger charge is -2.26. The van der Waals surface area contributed by atoms with Crippen molar-refractivity contribution in [3.05, 3.63) is 29.8 Å². The molecule has 1 aliphatic carbocycles. The topological polar surface area (TPSA) is 32.8 Å². The summed E-state index contributed by atoms with van der Waals surface area (Å²) in [5.41, 5.74) is 2.42. The minimum atomic E-state index is 0.148. The van der Waals surface area contributed by atoms with Crippen LogP contribution in [0.3, 0.4) is 0 Å². The molecule has 1 saturated heterocycles. The number of anilines is 1. The van der Waals surface area contributed by atoms with E-state index in [0.717, 1.165) is 32.2 Å². The number of likely N-dealkylation sites (tertiary alicyclic amines) is 1. The van der Waals surface area contributed by atoms with E-state index in [1.165, 1.54) is 24.1 Å². The van der Waals surface area contributed by atoms with Crippen molar-refractivity contribution in [1.82, 2.24) is 4.90 Å². The largest absolute Gasteiger partial charge is 0.378 e. The first-order valence-corrected chi connectivity index (χ1v) is 8.83. The molecule has 0 aromatic heterocycles. The van der Waals surface area contributed by atoms with Crippen LogP contribution < -0.4 is 4.90 Å². The van der Waals surface area contributed by atoms with Gasteiger partial charge in [-0.2, -0.15) is 0 Å². The van der Waals surface area contributed by atoms with Crippen molar-refractivity contribution in [2.24, 2.45) is 0 Å². The third-order valence-electron chi connectivity index (χ3n) is 5.09.